The minimum Gasteiger partial charge on any atom is -0.434 e. The third-order valence-corrected chi connectivity index (χ3v) is 8.13. The summed E-state index contributed by atoms with van der Waals surface area (Å²) in [6.45, 7) is 15.1. The second-order valence-electron chi connectivity index (χ2n) is 11.5. The van der Waals surface area contributed by atoms with Crippen LogP contribution in [0.15, 0.2) is 18.2 Å². The molecule has 39 heavy (non-hydrogen) atoms. The highest BCUT2D eigenvalue weighted by molar-refractivity contribution is 6.28. The van der Waals surface area contributed by atoms with Gasteiger partial charge in [-0.2, -0.15) is 4.98 Å². The van der Waals surface area contributed by atoms with Gasteiger partial charge in [0.1, 0.15) is 11.6 Å². The summed E-state index contributed by atoms with van der Waals surface area (Å²) in [5.41, 5.74) is 6.07. The van der Waals surface area contributed by atoms with Gasteiger partial charge in [0.2, 0.25) is 5.28 Å². The maximum atomic E-state index is 14.2. The standard InChI is InChI=1S/C28H41ClFN7O2/c1-6-37(19(4)5)26(38)21-14-20(30)9-10-23(21)39-25-24(32-27(29)34-33-25)35-13-11-28(15-35)16-36(17-28)22(18(2)3)8-7-12-31/h9-10,14,18-19,22H,6-8,11-13,15-17,31H2,1-5H3/t22-/m1/s1. The van der Waals surface area contributed by atoms with E-state index < -0.39 is 5.82 Å². The fraction of sp³-hybridized carbons (Fsp3) is 0.643. The molecule has 0 aliphatic carbocycles. The summed E-state index contributed by atoms with van der Waals surface area (Å²) in [6, 6.07) is 4.38. The van der Waals surface area contributed by atoms with E-state index in [9.17, 15) is 9.18 Å². The minimum atomic E-state index is -0.520. The average Bonchev–Trinajstić information content (AvgIpc) is 3.31. The van der Waals surface area contributed by atoms with Crippen LogP contribution in [0.1, 0.15) is 64.2 Å². The zero-order valence-corrected chi connectivity index (χ0v) is 24.4. The molecular formula is C28H41ClFN7O2. The van der Waals surface area contributed by atoms with Gasteiger partial charge in [-0.05, 0) is 82.3 Å². The van der Waals surface area contributed by atoms with Gasteiger partial charge in [-0.25, -0.2) is 4.39 Å². The Morgan fingerprint density at radius 3 is 2.62 bits per heavy atom. The number of likely N-dealkylation sites (tertiary alicyclic amines) is 1. The quantitative estimate of drug-likeness (QED) is 0.425. The van der Waals surface area contributed by atoms with Crippen molar-refractivity contribution in [2.45, 2.75) is 66.0 Å². The lowest BCUT2D eigenvalue weighted by molar-refractivity contribution is -0.0337. The van der Waals surface area contributed by atoms with Crippen molar-refractivity contribution in [3.8, 4) is 11.6 Å². The smallest absolute Gasteiger partial charge is 0.282 e. The van der Waals surface area contributed by atoms with Crippen LogP contribution in [-0.2, 0) is 0 Å². The molecule has 1 spiro atoms. The number of nitrogens with zero attached hydrogens (tertiary/aromatic N) is 6. The normalized spacial score (nSPS) is 17.6. The zero-order valence-electron chi connectivity index (χ0n) is 23.7. The van der Waals surface area contributed by atoms with E-state index >= 15 is 0 Å². The van der Waals surface area contributed by atoms with Crippen LogP contribution in [0, 0.1) is 17.2 Å². The molecular weight excluding hydrogens is 521 g/mol. The Morgan fingerprint density at radius 2 is 1.97 bits per heavy atom. The van der Waals surface area contributed by atoms with Crippen LogP contribution in [0.4, 0.5) is 10.2 Å². The van der Waals surface area contributed by atoms with E-state index in [1.54, 1.807) is 4.90 Å². The number of halogens is 2. The Bertz CT molecular complexity index is 1160. The number of anilines is 1. The number of amides is 1. The highest BCUT2D eigenvalue weighted by Crippen LogP contribution is 2.45. The predicted octanol–water partition coefficient (Wildman–Crippen LogP) is 4.60. The first kappa shape index (κ1) is 29.4. The predicted molar refractivity (Wildman–Crippen MR) is 151 cm³/mol. The highest BCUT2D eigenvalue weighted by atomic mass is 35.5. The molecule has 9 nitrogen and oxygen atoms in total. The van der Waals surface area contributed by atoms with E-state index in [0.29, 0.717) is 24.3 Å². The lowest BCUT2D eigenvalue weighted by atomic mass is 9.76. The van der Waals surface area contributed by atoms with Crippen molar-refractivity contribution < 1.29 is 13.9 Å². The number of rotatable bonds is 11. The molecule has 1 aromatic heterocycles. The number of aromatic nitrogens is 3. The molecule has 2 aliphatic rings. The summed E-state index contributed by atoms with van der Waals surface area (Å²) in [5, 5.41) is 8.10. The van der Waals surface area contributed by atoms with Gasteiger partial charge < -0.3 is 20.3 Å². The number of carbonyl (C=O) groups excluding carboxylic acids is 1. The molecule has 2 aliphatic heterocycles. The Kier molecular flexibility index (Phi) is 9.29. The van der Waals surface area contributed by atoms with Crippen molar-refractivity contribution in [1.82, 2.24) is 25.0 Å². The molecule has 0 saturated carbocycles. The summed E-state index contributed by atoms with van der Waals surface area (Å²) in [6.07, 6.45) is 3.17. The van der Waals surface area contributed by atoms with Gasteiger partial charge in [0.25, 0.3) is 11.8 Å². The number of ether oxygens (including phenoxy) is 1. The molecule has 1 atom stereocenters. The lowest BCUT2D eigenvalue weighted by Crippen LogP contribution is -2.62. The van der Waals surface area contributed by atoms with Crippen molar-refractivity contribution >= 4 is 23.3 Å². The fourth-order valence-electron chi connectivity index (χ4n) is 6.01. The van der Waals surface area contributed by atoms with Crippen LogP contribution in [0.5, 0.6) is 11.6 Å². The number of carbonyl (C=O) groups is 1. The van der Waals surface area contributed by atoms with E-state index in [2.05, 4.69) is 38.8 Å². The van der Waals surface area contributed by atoms with Crippen LogP contribution in [-0.4, -0.2) is 82.2 Å². The topological polar surface area (TPSA) is 101 Å². The number of benzene rings is 1. The molecule has 0 unspecified atom stereocenters. The van der Waals surface area contributed by atoms with E-state index in [-0.39, 0.29) is 39.8 Å². The summed E-state index contributed by atoms with van der Waals surface area (Å²) in [5.74, 6) is 0.555. The molecule has 1 amide bonds. The third-order valence-electron chi connectivity index (χ3n) is 7.97. The van der Waals surface area contributed by atoms with E-state index in [0.717, 1.165) is 52.0 Å². The van der Waals surface area contributed by atoms with E-state index in [4.69, 9.17) is 22.1 Å². The Labute approximate surface area is 235 Å². The van der Waals surface area contributed by atoms with Crippen molar-refractivity contribution in [2.75, 3.05) is 44.2 Å². The van der Waals surface area contributed by atoms with Gasteiger partial charge in [-0.3, -0.25) is 9.69 Å². The summed E-state index contributed by atoms with van der Waals surface area (Å²) in [4.78, 5) is 24.1. The molecule has 2 saturated heterocycles. The molecule has 3 heterocycles. The summed E-state index contributed by atoms with van der Waals surface area (Å²) in [7, 11) is 0. The van der Waals surface area contributed by atoms with Gasteiger partial charge >= 0.3 is 0 Å². The SMILES string of the molecule is CCN(C(=O)c1cc(F)ccc1Oc1nnc(Cl)nc1N1CCC2(C1)CN([C@H](CCCN)C(C)C)C2)C(C)C. The van der Waals surface area contributed by atoms with E-state index in [1.165, 1.54) is 18.2 Å². The lowest BCUT2D eigenvalue weighted by Gasteiger charge is -2.53. The van der Waals surface area contributed by atoms with Crippen LogP contribution in [0.3, 0.4) is 0 Å². The summed E-state index contributed by atoms with van der Waals surface area (Å²) < 4.78 is 20.4. The largest absolute Gasteiger partial charge is 0.434 e. The first-order valence-corrected chi connectivity index (χ1v) is 14.3. The van der Waals surface area contributed by atoms with Gasteiger partial charge in [0, 0.05) is 50.2 Å². The third kappa shape index (κ3) is 6.44. The van der Waals surface area contributed by atoms with Crippen molar-refractivity contribution in [1.29, 1.82) is 0 Å². The van der Waals surface area contributed by atoms with Crippen molar-refractivity contribution in [3.05, 3.63) is 34.9 Å². The van der Waals surface area contributed by atoms with Crippen LogP contribution >= 0.6 is 11.6 Å². The minimum absolute atomic E-state index is 0.0163. The van der Waals surface area contributed by atoms with Gasteiger partial charge in [0.15, 0.2) is 5.82 Å². The molecule has 4 rings (SSSR count). The van der Waals surface area contributed by atoms with Crippen molar-refractivity contribution in [3.63, 3.8) is 0 Å². The van der Waals surface area contributed by atoms with E-state index in [1.807, 2.05) is 20.8 Å². The maximum absolute atomic E-state index is 14.2. The van der Waals surface area contributed by atoms with Gasteiger partial charge in [0.05, 0.1) is 5.56 Å². The molecule has 0 radical (unpaired) electrons. The molecule has 2 fully saturated rings. The number of hydrogen-bond acceptors (Lipinski definition) is 8. The Hall–Kier alpha value is -2.56. The molecule has 214 valence electrons. The van der Waals surface area contributed by atoms with Crippen molar-refractivity contribution in [2.24, 2.45) is 17.1 Å². The van der Waals surface area contributed by atoms with Crippen LogP contribution in [0.25, 0.3) is 0 Å². The second kappa shape index (κ2) is 12.3. The fourth-order valence-corrected chi connectivity index (χ4v) is 6.13. The second-order valence-corrected chi connectivity index (χ2v) is 11.8. The maximum Gasteiger partial charge on any atom is 0.282 e. The molecule has 2 N–H and O–H groups in total. The van der Waals surface area contributed by atoms with Crippen LogP contribution < -0.4 is 15.4 Å². The zero-order chi connectivity index (χ0) is 28.3. The first-order valence-electron chi connectivity index (χ1n) is 13.9. The van der Waals surface area contributed by atoms with Crippen LogP contribution in [0.2, 0.25) is 5.28 Å². The highest BCUT2D eigenvalue weighted by Gasteiger charge is 2.50. The Morgan fingerprint density at radius 1 is 1.23 bits per heavy atom. The molecule has 0 bridgehead atoms. The molecule has 1 aromatic carbocycles. The summed E-state index contributed by atoms with van der Waals surface area (Å²) >= 11 is 6.17. The monoisotopic (exact) mass is 561 g/mol. The van der Waals surface area contributed by atoms with Gasteiger partial charge in [-0.1, -0.05) is 13.8 Å². The first-order chi connectivity index (χ1) is 18.6. The number of nitrogens with two attached hydrogens (primary N) is 1. The molecule has 11 heteroatoms. The molecule has 2 aromatic rings. The number of hydrogen-bond donors (Lipinski definition) is 1. The Balaban J connectivity index is 1.54. The average molecular weight is 562 g/mol. The van der Waals surface area contributed by atoms with Gasteiger partial charge in [-0.15, -0.1) is 10.2 Å².